The number of nitrogens with one attached hydrogen (secondary N) is 1. The van der Waals surface area contributed by atoms with Crippen LogP contribution in [0.3, 0.4) is 0 Å². The number of hydrogen-bond acceptors (Lipinski definition) is 4. The van der Waals surface area contributed by atoms with Gasteiger partial charge in [-0.3, -0.25) is 10.1 Å². The molecule has 0 aromatic rings. The number of rotatable bonds is 7. The van der Waals surface area contributed by atoms with Crippen molar-refractivity contribution in [3.05, 3.63) is 0 Å². The highest BCUT2D eigenvalue weighted by Gasteiger charge is 2.38. The summed E-state index contributed by atoms with van der Waals surface area (Å²) in [4.78, 5) is 14.8. The first kappa shape index (κ1) is 17.4. The first-order chi connectivity index (χ1) is 9.28. The lowest BCUT2D eigenvalue weighted by Gasteiger charge is -2.36. The van der Waals surface area contributed by atoms with Crippen LogP contribution in [-0.4, -0.2) is 48.2 Å². The summed E-state index contributed by atoms with van der Waals surface area (Å²) in [5.74, 6) is 0.636. The number of carbonyl (C=O) groups excluding carboxylic acids is 1. The molecule has 3 unspecified atom stereocenters. The third kappa shape index (κ3) is 4.74. The fourth-order valence-corrected chi connectivity index (χ4v) is 3.22. The Bertz CT molecular complexity index is 320. The number of ether oxygens (including phenoxy) is 1. The van der Waals surface area contributed by atoms with Crippen LogP contribution in [0.4, 0.5) is 0 Å². The van der Waals surface area contributed by atoms with Crippen LogP contribution in [0.1, 0.15) is 54.4 Å². The molecule has 1 saturated heterocycles. The van der Waals surface area contributed by atoms with E-state index in [1.54, 1.807) is 0 Å². The summed E-state index contributed by atoms with van der Waals surface area (Å²) in [5, 5.41) is 3.41. The van der Waals surface area contributed by atoms with E-state index in [9.17, 15) is 4.79 Å². The third-order valence-corrected chi connectivity index (χ3v) is 4.12. The van der Waals surface area contributed by atoms with Gasteiger partial charge < -0.3 is 9.64 Å². The average molecular weight is 284 g/mol. The largest absolute Gasteiger partial charge is 0.465 e. The molecule has 20 heavy (non-hydrogen) atoms. The monoisotopic (exact) mass is 284 g/mol. The summed E-state index contributed by atoms with van der Waals surface area (Å²) in [6, 6.07) is 0.648. The van der Waals surface area contributed by atoms with Crippen LogP contribution >= 0.6 is 0 Å². The lowest BCUT2D eigenvalue weighted by atomic mass is 9.92. The van der Waals surface area contributed by atoms with E-state index < -0.39 is 5.54 Å². The second kappa shape index (κ2) is 7.41. The molecule has 0 aliphatic carbocycles. The van der Waals surface area contributed by atoms with Crippen LogP contribution in [0.5, 0.6) is 0 Å². The van der Waals surface area contributed by atoms with E-state index in [4.69, 9.17) is 4.74 Å². The average Bonchev–Trinajstić information content (AvgIpc) is 2.75. The first-order valence-corrected chi connectivity index (χ1v) is 7.97. The van der Waals surface area contributed by atoms with Gasteiger partial charge in [-0.2, -0.15) is 0 Å². The van der Waals surface area contributed by atoms with Gasteiger partial charge in [0.15, 0.2) is 0 Å². The van der Waals surface area contributed by atoms with E-state index in [1.165, 1.54) is 6.42 Å². The Kier molecular flexibility index (Phi) is 6.46. The van der Waals surface area contributed by atoms with E-state index in [0.717, 1.165) is 25.4 Å². The van der Waals surface area contributed by atoms with Gasteiger partial charge in [-0.25, -0.2) is 0 Å². The molecule has 0 bridgehead atoms. The molecule has 4 heteroatoms. The maximum Gasteiger partial charge on any atom is 0.326 e. The molecule has 1 fully saturated rings. The molecular weight excluding hydrogens is 252 g/mol. The Hall–Kier alpha value is -0.610. The van der Waals surface area contributed by atoms with Gasteiger partial charge >= 0.3 is 5.97 Å². The molecule has 3 atom stereocenters. The number of hydrogen-bond donors (Lipinski definition) is 1. The highest BCUT2D eigenvalue weighted by atomic mass is 16.5. The zero-order chi connectivity index (χ0) is 15.3. The molecule has 118 valence electrons. The maximum absolute atomic E-state index is 12.3. The molecule has 1 aliphatic rings. The summed E-state index contributed by atoms with van der Waals surface area (Å²) in [5.41, 5.74) is -0.602. The maximum atomic E-state index is 12.3. The van der Waals surface area contributed by atoms with Gasteiger partial charge in [-0.05, 0) is 59.9 Å². The van der Waals surface area contributed by atoms with E-state index >= 15 is 0 Å². The van der Waals surface area contributed by atoms with E-state index in [0.29, 0.717) is 12.6 Å². The zero-order valence-electron chi connectivity index (χ0n) is 14.0. The summed E-state index contributed by atoms with van der Waals surface area (Å²) in [6.45, 7) is 15.2. The standard InChI is InChI=1S/C16H32N2O2/c1-7-20-15(19)16(6,17-12(2)3)10-14(5)18-9-8-13(4)11-18/h12-14,17H,7-11H2,1-6H3. The lowest BCUT2D eigenvalue weighted by Crippen LogP contribution is -2.56. The molecule has 0 aromatic heterocycles. The molecule has 1 N–H and O–H groups in total. The van der Waals surface area contributed by atoms with Crippen molar-refractivity contribution in [1.82, 2.24) is 10.2 Å². The van der Waals surface area contributed by atoms with Crippen LogP contribution in [0.15, 0.2) is 0 Å². The summed E-state index contributed by atoms with van der Waals surface area (Å²) in [7, 11) is 0. The fourth-order valence-electron chi connectivity index (χ4n) is 3.22. The van der Waals surface area contributed by atoms with Crippen molar-refractivity contribution in [3.63, 3.8) is 0 Å². The Morgan fingerprint density at radius 2 is 2.10 bits per heavy atom. The van der Waals surface area contributed by atoms with Crippen molar-refractivity contribution in [3.8, 4) is 0 Å². The van der Waals surface area contributed by atoms with Crippen molar-refractivity contribution >= 4 is 5.97 Å². The van der Waals surface area contributed by atoms with Crippen LogP contribution in [-0.2, 0) is 9.53 Å². The second-order valence-electron chi connectivity index (χ2n) is 6.79. The van der Waals surface area contributed by atoms with Crippen molar-refractivity contribution in [2.45, 2.75) is 72.0 Å². The summed E-state index contributed by atoms with van der Waals surface area (Å²) >= 11 is 0. The van der Waals surface area contributed by atoms with E-state index in [2.05, 4.69) is 37.9 Å². The molecule has 1 rings (SSSR count). The smallest absolute Gasteiger partial charge is 0.326 e. The van der Waals surface area contributed by atoms with Gasteiger partial charge in [0.05, 0.1) is 6.61 Å². The quantitative estimate of drug-likeness (QED) is 0.729. The van der Waals surface area contributed by atoms with Crippen molar-refractivity contribution in [1.29, 1.82) is 0 Å². The van der Waals surface area contributed by atoms with Gasteiger partial charge in [-0.1, -0.05) is 6.92 Å². The van der Waals surface area contributed by atoms with E-state index in [-0.39, 0.29) is 12.0 Å². The molecule has 0 spiro atoms. The zero-order valence-corrected chi connectivity index (χ0v) is 14.0. The molecule has 0 radical (unpaired) electrons. The third-order valence-electron chi connectivity index (χ3n) is 4.12. The molecule has 0 amide bonds. The van der Waals surface area contributed by atoms with Crippen LogP contribution < -0.4 is 5.32 Å². The number of carbonyl (C=O) groups is 1. The van der Waals surface area contributed by atoms with Gasteiger partial charge in [-0.15, -0.1) is 0 Å². The first-order valence-electron chi connectivity index (χ1n) is 7.97. The predicted octanol–water partition coefficient (Wildman–Crippen LogP) is 2.43. The second-order valence-corrected chi connectivity index (χ2v) is 6.79. The minimum absolute atomic E-state index is 0.132. The normalized spacial score (nSPS) is 24.6. The molecule has 0 saturated carbocycles. The number of likely N-dealkylation sites (tertiary alicyclic amines) is 1. The van der Waals surface area contributed by atoms with E-state index in [1.807, 2.05) is 13.8 Å². The highest BCUT2D eigenvalue weighted by molar-refractivity contribution is 5.80. The van der Waals surface area contributed by atoms with Crippen molar-refractivity contribution < 1.29 is 9.53 Å². The van der Waals surface area contributed by atoms with Gasteiger partial charge in [0.1, 0.15) is 5.54 Å². The molecule has 4 nitrogen and oxygen atoms in total. The Balaban J connectivity index is 2.70. The summed E-state index contributed by atoms with van der Waals surface area (Å²) in [6.07, 6.45) is 2.05. The molecular formula is C16H32N2O2. The fraction of sp³-hybridized carbons (Fsp3) is 0.938. The van der Waals surface area contributed by atoms with Crippen molar-refractivity contribution in [2.75, 3.05) is 19.7 Å². The predicted molar refractivity (Wildman–Crippen MR) is 82.7 cm³/mol. The lowest BCUT2D eigenvalue weighted by molar-refractivity contribution is -0.151. The Morgan fingerprint density at radius 1 is 1.45 bits per heavy atom. The van der Waals surface area contributed by atoms with Crippen molar-refractivity contribution in [2.24, 2.45) is 5.92 Å². The Morgan fingerprint density at radius 3 is 2.55 bits per heavy atom. The molecule has 1 heterocycles. The minimum atomic E-state index is -0.602. The molecule has 1 aliphatic heterocycles. The van der Waals surface area contributed by atoms with Gasteiger partial charge in [0.25, 0.3) is 0 Å². The number of esters is 1. The van der Waals surface area contributed by atoms with Crippen LogP contribution in [0, 0.1) is 5.92 Å². The minimum Gasteiger partial charge on any atom is -0.465 e. The van der Waals surface area contributed by atoms with Crippen LogP contribution in [0.25, 0.3) is 0 Å². The van der Waals surface area contributed by atoms with Gasteiger partial charge in [0.2, 0.25) is 0 Å². The topological polar surface area (TPSA) is 41.6 Å². The van der Waals surface area contributed by atoms with Gasteiger partial charge in [0, 0.05) is 18.6 Å². The SMILES string of the molecule is CCOC(=O)C(C)(CC(C)N1CCC(C)C1)NC(C)C. The summed E-state index contributed by atoms with van der Waals surface area (Å²) < 4.78 is 5.27. The highest BCUT2D eigenvalue weighted by Crippen LogP contribution is 2.24. The molecule has 0 aromatic carbocycles. The van der Waals surface area contributed by atoms with Crippen LogP contribution in [0.2, 0.25) is 0 Å². The number of nitrogens with zero attached hydrogens (tertiary/aromatic N) is 1. The Labute approximate surface area is 124 Å².